The Balaban J connectivity index is 1.65. The minimum atomic E-state index is 0.804. The first-order valence-corrected chi connectivity index (χ1v) is 7.14. The fourth-order valence-electron chi connectivity index (χ4n) is 2.43. The molecule has 1 N–H and O–H groups in total. The second-order valence-electron chi connectivity index (χ2n) is 5.37. The van der Waals surface area contributed by atoms with E-state index in [1.807, 2.05) is 12.5 Å². The standard InChI is InChI=1S/C16H21N3/c1-13-5-2-3-6-15(13)16-11-17-12-19(16)10-4-9-18-14-7-8-14/h2-3,5-6,11-12,14,18H,4,7-10H2,1H3. The van der Waals surface area contributed by atoms with Crippen LogP contribution in [0.4, 0.5) is 0 Å². The summed E-state index contributed by atoms with van der Waals surface area (Å²) >= 11 is 0. The lowest BCUT2D eigenvalue weighted by molar-refractivity contribution is 0.581. The molecule has 1 aliphatic rings. The average Bonchev–Trinajstić information content (AvgIpc) is 3.13. The van der Waals surface area contributed by atoms with Crippen LogP contribution in [0.1, 0.15) is 24.8 Å². The van der Waals surface area contributed by atoms with Gasteiger partial charge in [0.2, 0.25) is 0 Å². The maximum atomic E-state index is 4.31. The Morgan fingerprint density at radius 2 is 2.16 bits per heavy atom. The number of imidazole rings is 1. The number of benzene rings is 1. The lowest BCUT2D eigenvalue weighted by atomic mass is 10.1. The average molecular weight is 255 g/mol. The maximum absolute atomic E-state index is 4.31. The van der Waals surface area contributed by atoms with Crippen molar-refractivity contribution in [3.8, 4) is 11.3 Å². The van der Waals surface area contributed by atoms with Gasteiger partial charge in [0, 0.05) is 18.2 Å². The highest BCUT2D eigenvalue weighted by Crippen LogP contribution is 2.23. The van der Waals surface area contributed by atoms with Gasteiger partial charge in [-0.1, -0.05) is 24.3 Å². The zero-order valence-electron chi connectivity index (χ0n) is 11.5. The Kier molecular flexibility index (Phi) is 3.65. The lowest BCUT2D eigenvalue weighted by Crippen LogP contribution is -2.18. The molecular formula is C16H21N3. The van der Waals surface area contributed by atoms with Crippen LogP contribution < -0.4 is 5.32 Å². The third kappa shape index (κ3) is 3.04. The lowest BCUT2D eigenvalue weighted by Gasteiger charge is -2.10. The van der Waals surface area contributed by atoms with Gasteiger partial charge in [-0.05, 0) is 38.3 Å². The molecular weight excluding hydrogens is 234 g/mol. The molecule has 0 bridgehead atoms. The normalized spacial score (nSPS) is 14.8. The van der Waals surface area contributed by atoms with Crippen molar-refractivity contribution in [1.29, 1.82) is 0 Å². The first-order valence-electron chi connectivity index (χ1n) is 7.14. The number of hydrogen-bond donors (Lipinski definition) is 1. The number of hydrogen-bond acceptors (Lipinski definition) is 2. The SMILES string of the molecule is Cc1ccccc1-c1cncn1CCCNC1CC1. The smallest absolute Gasteiger partial charge is 0.0950 e. The molecule has 0 aliphatic heterocycles. The van der Waals surface area contributed by atoms with Crippen molar-refractivity contribution in [2.45, 2.75) is 38.8 Å². The van der Waals surface area contributed by atoms with Gasteiger partial charge >= 0.3 is 0 Å². The third-order valence-corrected chi connectivity index (χ3v) is 3.72. The van der Waals surface area contributed by atoms with E-state index in [0.29, 0.717) is 0 Å². The van der Waals surface area contributed by atoms with E-state index >= 15 is 0 Å². The molecule has 0 radical (unpaired) electrons. The fraction of sp³-hybridized carbons (Fsp3) is 0.438. The van der Waals surface area contributed by atoms with Crippen molar-refractivity contribution in [3.05, 3.63) is 42.4 Å². The van der Waals surface area contributed by atoms with E-state index in [9.17, 15) is 0 Å². The van der Waals surface area contributed by atoms with Crippen LogP contribution in [0.15, 0.2) is 36.8 Å². The van der Waals surface area contributed by atoms with E-state index in [1.54, 1.807) is 0 Å². The second kappa shape index (κ2) is 5.57. The molecule has 1 aliphatic carbocycles. The van der Waals surface area contributed by atoms with Crippen molar-refractivity contribution in [3.63, 3.8) is 0 Å². The molecule has 19 heavy (non-hydrogen) atoms. The van der Waals surface area contributed by atoms with Gasteiger partial charge in [-0.3, -0.25) is 0 Å². The van der Waals surface area contributed by atoms with Crippen molar-refractivity contribution in [2.24, 2.45) is 0 Å². The van der Waals surface area contributed by atoms with Gasteiger partial charge in [-0.25, -0.2) is 4.98 Å². The number of nitrogens with one attached hydrogen (secondary N) is 1. The summed E-state index contributed by atoms with van der Waals surface area (Å²) < 4.78 is 2.26. The third-order valence-electron chi connectivity index (χ3n) is 3.72. The van der Waals surface area contributed by atoms with Gasteiger partial charge in [0.1, 0.15) is 0 Å². The topological polar surface area (TPSA) is 29.9 Å². The highest BCUT2D eigenvalue weighted by Gasteiger charge is 2.19. The Bertz CT molecular complexity index is 540. The van der Waals surface area contributed by atoms with Gasteiger partial charge in [-0.15, -0.1) is 0 Å². The molecule has 0 spiro atoms. The minimum Gasteiger partial charge on any atom is -0.331 e. The molecule has 1 aromatic carbocycles. The Hall–Kier alpha value is -1.61. The molecule has 3 rings (SSSR count). The van der Waals surface area contributed by atoms with Crippen LogP contribution in [0.5, 0.6) is 0 Å². The van der Waals surface area contributed by atoms with Crippen molar-refractivity contribution >= 4 is 0 Å². The number of aromatic nitrogens is 2. The summed E-state index contributed by atoms with van der Waals surface area (Å²) in [4.78, 5) is 4.31. The molecule has 0 amide bonds. The quantitative estimate of drug-likeness (QED) is 0.804. The maximum Gasteiger partial charge on any atom is 0.0950 e. The zero-order valence-corrected chi connectivity index (χ0v) is 11.5. The zero-order chi connectivity index (χ0) is 13.1. The van der Waals surface area contributed by atoms with Crippen molar-refractivity contribution in [1.82, 2.24) is 14.9 Å². The highest BCUT2D eigenvalue weighted by molar-refractivity contribution is 5.63. The van der Waals surface area contributed by atoms with Crippen LogP contribution >= 0.6 is 0 Å². The summed E-state index contributed by atoms with van der Waals surface area (Å²) in [6.45, 7) is 4.29. The molecule has 2 aromatic rings. The van der Waals surface area contributed by atoms with Crippen LogP contribution in [0, 0.1) is 6.92 Å². The summed E-state index contributed by atoms with van der Waals surface area (Å²) in [7, 11) is 0. The summed E-state index contributed by atoms with van der Waals surface area (Å²) in [5.41, 5.74) is 3.82. The van der Waals surface area contributed by atoms with Crippen LogP contribution in [0.25, 0.3) is 11.3 Å². The summed E-state index contributed by atoms with van der Waals surface area (Å²) in [5.74, 6) is 0. The van der Waals surface area contributed by atoms with E-state index in [2.05, 4.69) is 46.1 Å². The molecule has 1 fully saturated rings. The first kappa shape index (κ1) is 12.4. The molecule has 1 heterocycles. The van der Waals surface area contributed by atoms with Gasteiger partial charge in [0.25, 0.3) is 0 Å². The summed E-state index contributed by atoms with van der Waals surface area (Å²) in [6.07, 6.45) is 7.79. The van der Waals surface area contributed by atoms with Crippen LogP contribution in [0.3, 0.4) is 0 Å². The number of rotatable bonds is 6. The van der Waals surface area contributed by atoms with E-state index in [0.717, 1.165) is 25.6 Å². The minimum absolute atomic E-state index is 0.804. The van der Waals surface area contributed by atoms with Gasteiger partial charge in [-0.2, -0.15) is 0 Å². The van der Waals surface area contributed by atoms with Gasteiger partial charge < -0.3 is 9.88 Å². The Morgan fingerprint density at radius 1 is 1.32 bits per heavy atom. The van der Waals surface area contributed by atoms with Gasteiger partial charge in [0.05, 0.1) is 18.2 Å². The molecule has 1 saturated carbocycles. The number of nitrogens with zero attached hydrogens (tertiary/aromatic N) is 2. The highest BCUT2D eigenvalue weighted by atomic mass is 15.0. The molecule has 0 saturated heterocycles. The monoisotopic (exact) mass is 255 g/mol. The Labute approximate surface area is 114 Å². The predicted octanol–water partition coefficient (Wildman–Crippen LogP) is 3.00. The van der Waals surface area contributed by atoms with E-state index in [-0.39, 0.29) is 0 Å². The predicted molar refractivity (Wildman–Crippen MR) is 78.0 cm³/mol. The summed E-state index contributed by atoms with van der Waals surface area (Å²) in [5, 5.41) is 3.56. The molecule has 3 nitrogen and oxygen atoms in total. The molecule has 0 unspecified atom stereocenters. The van der Waals surface area contributed by atoms with Crippen LogP contribution in [0.2, 0.25) is 0 Å². The second-order valence-corrected chi connectivity index (χ2v) is 5.37. The summed E-state index contributed by atoms with van der Waals surface area (Å²) in [6, 6.07) is 9.30. The van der Waals surface area contributed by atoms with Crippen LogP contribution in [-0.4, -0.2) is 22.1 Å². The largest absolute Gasteiger partial charge is 0.331 e. The van der Waals surface area contributed by atoms with E-state index in [4.69, 9.17) is 0 Å². The van der Waals surface area contributed by atoms with E-state index in [1.165, 1.54) is 29.7 Å². The van der Waals surface area contributed by atoms with E-state index < -0.39 is 0 Å². The molecule has 3 heteroatoms. The van der Waals surface area contributed by atoms with Crippen LogP contribution in [-0.2, 0) is 6.54 Å². The van der Waals surface area contributed by atoms with Gasteiger partial charge in [0.15, 0.2) is 0 Å². The molecule has 1 aromatic heterocycles. The Morgan fingerprint density at radius 3 is 2.95 bits per heavy atom. The first-order chi connectivity index (χ1) is 9.34. The van der Waals surface area contributed by atoms with Crippen molar-refractivity contribution < 1.29 is 0 Å². The molecule has 0 atom stereocenters. The molecule has 100 valence electrons. The number of aryl methyl sites for hydroxylation is 2. The fourth-order valence-corrected chi connectivity index (χ4v) is 2.43. The van der Waals surface area contributed by atoms with Crippen molar-refractivity contribution in [2.75, 3.05) is 6.54 Å².